The molecule has 0 heterocycles. The van der Waals surface area contributed by atoms with E-state index < -0.39 is 0 Å². The molecule has 22 heavy (non-hydrogen) atoms. The molecule has 0 aliphatic heterocycles. The van der Waals surface area contributed by atoms with Crippen molar-refractivity contribution >= 4 is 5.96 Å². The van der Waals surface area contributed by atoms with Crippen LogP contribution in [-0.2, 0) is 6.42 Å². The van der Waals surface area contributed by atoms with Crippen molar-refractivity contribution in [2.24, 2.45) is 4.99 Å². The number of aliphatic imine (C=N–C) groups is 1. The summed E-state index contributed by atoms with van der Waals surface area (Å²) < 4.78 is 10.6. The molecule has 0 bridgehead atoms. The highest BCUT2D eigenvalue weighted by Crippen LogP contribution is 2.27. The lowest BCUT2D eigenvalue weighted by atomic mass is 10.1. The number of nitrogens with zero attached hydrogens (tertiary/aromatic N) is 1. The number of methoxy groups -OCH3 is 2. The molecule has 0 saturated heterocycles. The van der Waals surface area contributed by atoms with E-state index in [-0.39, 0.29) is 0 Å². The van der Waals surface area contributed by atoms with Crippen LogP contribution in [0, 0.1) is 0 Å². The SMILES string of the molecule is CCCCN=C(NCC)NCCc1ccc(OC)c(OC)c1. The summed E-state index contributed by atoms with van der Waals surface area (Å²) >= 11 is 0. The zero-order valence-corrected chi connectivity index (χ0v) is 14.2. The number of nitrogens with one attached hydrogen (secondary N) is 2. The number of ether oxygens (including phenoxy) is 2. The van der Waals surface area contributed by atoms with Crippen molar-refractivity contribution in [3.8, 4) is 11.5 Å². The molecule has 1 rings (SSSR count). The Balaban J connectivity index is 2.52. The maximum Gasteiger partial charge on any atom is 0.191 e. The molecule has 2 N–H and O–H groups in total. The van der Waals surface area contributed by atoms with Crippen molar-refractivity contribution in [2.45, 2.75) is 33.1 Å². The summed E-state index contributed by atoms with van der Waals surface area (Å²) in [7, 11) is 3.30. The second kappa shape index (κ2) is 10.8. The third-order valence-electron chi connectivity index (χ3n) is 3.28. The predicted octanol–water partition coefficient (Wildman–Crippen LogP) is 2.60. The fraction of sp³-hybridized carbons (Fsp3) is 0.588. The van der Waals surface area contributed by atoms with Gasteiger partial charge in [-0.3, -0.25) is 4.99 Å². The van der Waals surface area contributed by atoms with Crippen LogP contribution < -0.4 is 20.1 Å². The summed E-state index contributed by atoms with van der Waals surface area (Å²) in [6, 6.07) is 6.01. The van der Waals surface area contributed by atoms with E-state index in [2.05, 4.69) is 35.5 Å². The molecule has 0 fully saturated rings. The lowest BCUT2D eigenvalue weighted by Crippen LogP contribution is -2.38. The van der Waals surface area contributed by atoms with Gasteiger partial charge < -0.3 is 20.1 Å². The van der Waals surface area contributed by atoms with Gasteiger partial charge in [0.05, 0.1) is 14.2 Å². The molecule has 0 atom stereocenters. The Morgan fingerprint density at radius 3 is 2.50 bits per heavy atom. The number of rotatable bonds is 9. The molecule has 5 nitrogen and oxygen atoms in total. The third-order valence-corrected chi connectivity index (χ3v) is 3.28. The Kier molecular flexibility index (Phi) is 8.88. The second-order valence-electron chi connectivity index (χ2n) is 4.98. The maximum atomic E-state index is 5.33. The number of hydrogen-bond donors (Lipinski definition) is 2. The fourth-order valence-electron chi connectivity index (χ4n) is 2.05. The van der Waals surface area contributed by atoms with Crippen LogP contribution in [0.3, 0.4) is 0 Å². The van der Waals surface area contributed by atoms with Crippen molar-refractivity contribution in [2.75, 3.05) is 33.9 Å². The van der Waals surface area contributed by atoms with Gasteiger partial charge >= 0.3 is 0 Å². The van der Waals surface area contributed by atoms with Crippen molar-refractivity contribution in [3.63, 3.8) is 0 Å². The summed E-state index contributed by atoms with van der Waals surface area (Å²) in [4.78, 5) is 4.55. The molecule has 0 aliphatic carbocycles. The first-order chi connectivity index (χ1) is 10.7. The topological polar surface area (TPSA) is 54.9 Å². The highest BCUT2D eigenvalue weighted by atomic mass is 16.5. The summed E-state index contributed by atoms with van der Waals surface area (Å²) in [5.41, 5.74) is 1.20. The van der Waals surface area contributed by atoms with Gasteiger partial charge in [-0.1, -0.05) is 19.4 Å². The standard InChI is InChI=1S/C17H29N3O2/c1-5-7-11-19-17(18-6-2)20-12-10-14-8-9-15(21-3)16(13-14)22-4/h8-9,13H,5-7,10-12H2,1-4H3,(H2,18,19,20). The van der Waals surface area contributed by atoms with E-state index in [1.807, 2.05) is 12.1 Å². The minimum absolute atomic E-state index is 0.758. The quantitative estimate of drug-likeness (QED) is 0.418. The Morgan fingerprint density at radius 2 is 1.86 bits per heavy atom. The largest absolute Gasteiger partial charge is 0.493 e. The summed E-state index contributed by atoms with van der Waals surface area (Å²) in [6.45, 7) is 6.81. The second-order valence-corrected chi connectivity index (χ2v) is 4.98. The number of guanidine groups is 1. The van der Waals surface area contributed by atoms with Crippen LogP contribution in [-0.4, -0.2) is 39.8 Å². The monoisotopic (exact) mass is 307 g/mol. The molecule has 1 aromatic carbocycles. The molecular formula is C17H29N3O2. The number of hydrogen-bond acceptors (Lipinski definition) is 3. The van der Waals surface area contributed by atoms with Crippen LogP contribution in [0.15, 0.2) is 23.2 Å². The Hall–Kier alpha value is -1.91. The lowest BCUT2D eigenvalue weighted by molar-refractivity contribution is 0.354. The van der Waals surface area contributed by atoms with E-state index in [0.29, 0.717) is 0 Å². The first-order valence-corrected chi connectivity index (χ1v) is 7.98. The molecule has 0 saturated carbocycles. The van der Waals surface area contributed by atoms with Crippen molar-refractivity contribution in [3.05, 3.63) is 23.8 Å². The molecule has 0 spiro atoms. The fourth-order valence-corrected chi connectivity index (χ4v) is 2.05. The highest BCUT2D eigenvalue weighted by Gasteiger charge is 2.04. The maximum absolute atomic E-state index is 5.33. The van der Waals surface area contributed by atoms with E-state index in [1.165, 1.54) is 5.56 Å². The molecule has 0 unspecified atom stereocenters. The highest BCUT2D eigenvalue weighted by molar-refractivity contribution is 5.79. The molecular weight excluding hydrogens is 278 g/mol. The van der Waals surface area contributed by atoms with Gasteiger partial charge in [-0.25, -0.2) is 0 Å². The zero-order valence-electron chi connectivity index (χ0n) is 14.2. The Bertz CT molecular complexity index is 461. The summed E-state index contributed by atoms with van der Waals surface area (Å²) in [5.74, 6) is 2.41. The van der Waals surface area contributed by atoms with E-state index in [9.17, 15) is 0 Å². The van der Waals surface area contributed by atoms with Crippen LogP contribution in [0.25, 0.3) is 0 Å². The van der Waals surface area contributed by atoms with Gasteiger partial charge in [-0.05, 0) is 37.5 Å². The van der Waals surface area contributed by atoms with Crippen molar-refractivity contribution in [1.82, 2.24) is 10.6 Å². The first-order valence-electron chi connectivity index (χ1n) is 7.98. The average molecular weight is 307 g/mol. The van der Waals surface area contributed by atoms with Gasteiger partial charge in [0.15, 0.2) is 17.5 Å². The molecule has 5 heteroatoms. The van der Waals surface area contributed by atoms with E-state index in [1.54, 1.807) is 14.2 Å². The van der Waals surface area contributed by atoms with E-state index in [4.69, 9.17) is 9.47 Å². The first kappa shape index (κ1) is 18.1. The van der Waals surface area contributed by atoms with Crippen LogP contribution in [0.1, 0.15) is 32.3 Å². The minimum atomic E-state index is 0.758. The van der Waals surface area contributed by atoms with Crippen LogP contribution in [0.4, 0.5) is 0 Å². The van der Waals surface area contributed by atoms with Gasteiger partial charge in [0.2, 0.25) is 0 Å². The average Bonchev–Trinajstić information content (AvgIpc) is 2.54. The van der Waals surface area contributed by atoms with Gasteiger partial charge in [0.25, 0.3) is 0 Å². The molecule has 0 radical (unpaired) electrons. The zero-order chi connectivity index (χ0) is 16.2. The normalized spacial score (nSPS) is 11.2. The number of benzene rings is 1. The molecule has 124 valence electrons. The molecule has 0 aliphatic rings. The summed E-state index contributed by atoms with van der Waals surface area (Å²) in [5, 5.41) is 6.62. The van der Waals surface area contributed by atoms with Crippen LogP contribution in [0.2, 0.25) is 0 Å². The van der Waals surface area contributed by atoms with Crippen molar-refractivity contribution in [1.29, 1.82) is 0 Å². The van der Waals surface area contributed by atoms with E-state index in [0.717, 1.165) is 56.4 Å². The van der Waals surface area contributed by atoms with Crippen molar-refractivity contribution < 1.29 is 9.47 Å². The predicted molar refractivity (Wildman–Crippen MR) is 92.1 cm³/mol. The summed E-state index contributed by atoms with van der Waals surface area (Å²) in [6.07, 6.45) is 3.18. The van der Waals surface area contributed by atoms with Gasteiger partial charge in [0.1, 0.15) is 0 Å². The van der Waals surface area contributed by atoms with Gasteiger partial charge in [0, 0.05) is 19.6 Å². The third kappa shape index (κ3) is 6.24. The van der Waals surface area contributed by atoms with Gasteiger partial charge in [-0.2, -0.15) is 0 Å². The smallest absolute Gasteiger partial charge is 0.191 e. The minimum Gasteiger partial charge on any atom is -0.493 e. The number of unbranched alkanes of at least 4 members (excludes halogenated alkanes) is 1. The van der Waals surface area contributed by atoms with Gasteiger partial charge in [-0.15, -0.1) is 0 Å². The Labute approximate surface area is 134 Å². The van der Waals surface area contributed by atoms with Crippen LogP contribution in [0.5, 0.6) is 11.5 Å². The van der Waals surface area contributed by atoms with E-state index >= 15 is 0 Å². The molecule has 1 aromatic rings. The molecule has 0 amide bonds. The molecule has 0 aromatic heterocycles. The van der Waals surface area contributed by atoms with Crippen LogP contribution >= 0.6 is 0 Å². The Morgan fingerprint density at radius 1 is 1.09 bits per heavy atom. The lowest BCUT2D eigenvalue weighted by Gasteiger charge is -2.12.